The van der Waals surface area contributed by atoms with Crippen molar-refractivity contribution in [3.8, 4) is 10.7 Å². The Kier molecular flexibility index (Phi) is 3.52. The van der Waals surface area contributed by atoms with Crippen molar-refractivity contribution in [3.05, 3.63) is 45.7 Å². The Morgan fingerprint density at radius 1 is 1.06 bits per heavy atom. The molecule has 3 nitrogen and oxygen atoms in total. The summed E-state index contributed by atoms with van der Waals surface area (Å²) in [4.78, 5) is 7.08. The molecular weight excluding hydrogens is 262 g/mol. The van der Waals surface area contributed by atoms with E-state index >= 15 is 0 Å². The molecule has 3 aromatic heterocycles. The first-order valence-electron chi connectivity index (χ1n) is 5.89. The predicted molar refractivity (Wildman–Crippen MR) is 76.0 cm³/mol. The zero-order valence-corrected chi connectivity index (χ0v) is 11.4. The van der Waals surface area contributed by atoms with Crippen molar-refractivity contribution in [1.82, 2.24) is 15.2 Å². The number of nitrogens with zero attached hydrogens (tertiary/aromatic N) is 2. The quantitative estimate of drug-likeness (QED) is 0.770. The van der Waals surface area contributed by atoms with Gasteiger partial charge < -0.3 is 0 Å². The highest BCUT2D eigenvalue weighted by Crippen LogP contribution is 2.20. The maximum Gasteiger partial charge on any atom is 0.191 e. The van der Waals surface area contributed by atoms with E-state index in [2.05, 4.69) is 32.7 Å². The van der Waals surface area contributed by atoms with Crippen molar-refractivity contribution in [2.24, 2.45) is 0 Å². The van der Waals surface area contributed by atoms with E-state index in [4.69, 9.17) is 0 Å². The molecule has 0 aliphatic carbocycles. The first-order chi connectivity index (χ1) is 8.92. The average Bonchev–Trinajstić information content (AvgIpc) is 3.12. The number of H-pyrrole nitrogens is 1. The molecule has 3 rings (SSSR count). The summed E-state index contributed by atoms with van der Waals surface area (Å²) in [6, 6.07) is 8.35. The van der Waals surface area contributed by atoms with E-state index in [1.807, 2.05) is 28.8 Å². The molecule has 0 radical (unpaired) electrons. The van der Waals surface area contributed by atoms with Crippen molar-refractivity contribution in [2.75, 3.05) is 0 Å². The summed E-state index contributed by atoms with van der Waals surface area (Å²) in [7, 11) is 0. The van der Waals surface area contributed by atoms with Crippen LogP contribution in [0.3, 0.4) is 0 Å². The van der Waals surface area contributed by atoms with E-state index in [0.29, 0.717) is 0 Å². The molecule has 3 heterocycles. The summed E-state index contributed by atoms with van der Waals surface area (Å²) in [5.74, 6) is 1.80. The molecule has 92 valence electrons. The molecule has 3 aromatic rings. The van der Waals surface area contributed by atoms with Crippen LogP contribution in [0.5, 0.6) is 0 Å². The minimum atomic E-state index is 0.816. The molecule has 18 heavy (non-hydrogen) atoms. The third kappa shape index (κ3) is 2.68. The lowest BCUT2D eigenvalue weighted by atomic mass is 10.2. The van der Waals surface area contributed by atoms with Crippen LogP contribution in [0.25, 0.3) is 10.7 Å². The lowest BCUT2D eigenvalue weighted by Crippen LogP contribution is -1.90. The molecular formula is C13H13N3S2. The summed E-state index contributed by atoms with van der Waals surface area (Å²) in [5, 5.41) is 11.4. The molecule has 0 spiro atoms. The highest BCUT2D eigenvalue weighted by Gasteiger charge is 2.06. The monoisotopic (exact) mass is 275 g/mol. The Balaban J connectivity index is 1.57. The molecule has 0 atom stereocenters. The van der Waals surface area contributed by atoms with Crippen LogP contribution in [-0.2, 0) is 12.8 Å². The summed E-state index contributed by atoms with van der Waals surface area (Å²) >= 11 is 3.48. The van der Waals surface area contributed by atoms with Gasteiger partial charge >= 0.3 is 0 Å². The highest BCUT2D eigenvalue weighted by atomic mass is 32.1. The Labute approximate surface area is 114 Å². The van der Waals surface area contributed by atoms with Gasteiger partial charge in [0.05, 0.1) is 4.88 Å². The molecule has 0 bridgehead atoms. The lowest BCUT2D eigenvalue weighted by Gasteiger charge is -1.95. The molecule has 0 aromatic carbocycles. The van der Waals surface area contributed by atoms with Gasteiger partial charge in [0.15, 0.2) is 5.82 Å². The fraction of sp³-hybridized carbons (Fsp3) is 0.231. The van der Waals surface area contributed by atoms with Gasteiger partial charge in [0, 0.05) is 11.3 Å². The number of hydrogen-bond donors (Lipinski definition) is 1. The summed E-state index contributed by atoms with van der Waals surface area (Å²) < 4.78 is 0. The average molecular weight is 275 g/mol. The number of aryl methyl sites for hydroxylation is 2. The SMILES string of the molecule is c1csc(CCCc2nc(-c3cccs3)n[nH]2)c1. The van der Waals surface area contributed by atoms with Gasteiger partial charge in [0.2, 0.25) is 0 Å². The van der Waals surface area contributed by atoms with Gasteiger partial charge in [-0.25, -0.2) is 4.98 Å². The van der Waals surface area contributed by atoms with Crippen LogP contribution >= 0.6 is 22.7 Å². The van der Waals surface area contributed by atoms with E-state index in [0.717, 1.165) is 35.8 Å². The van der Waals surface area contributed by atoms with Crippen LogP contribution in [0.2, 0.25) is 0 Å². The van der Waals surface area contributed by atoms with E-state index < -0.39 is 0 Å². The second-order valence-corrected chi connectivity index (χ2v) is 6.00. The van der Waals surface area contributed by atoms with Crippen LogP contribution in [0.4, 0.5) is 0 Å². The second-order valence-electron chi connectivity index (χ2n) is 4.02. The first-order valence-corrected chi connectivity index (χ1v) is 7.65. The Hall–Kier alpha value is -1.46. The molecule has 0 amide bonds. The summed E-state index contributed by atoms with van der Waals surface area (Å²) in [6.07, 6.45) is 3.18. The third-order valence-corrected chi connectivity index (χ3v) is 4.49. The zero-order chi connectivity index (χ0) is 12.2. The van der Waals surface area contributed by atoms with E-state index in [-0.39, 0.29) is 0 Å². The van der Waals surface area contributed by atoms with Crippen molar-refractivity contribution >= 4 is 22.7 Å². The predicted octanol–water partition coefficient (Wildman–Crippen LogP) is 3.77. The molecule has 0 aliphatic rings. The fourth-order valence-corrected chi connectivity index (χ4v) is 3.22. The Bertz CT molecular complexity index is 582. The minimum absolute atomic E-state index is 0.816. The number of aromatic nitrogens is 3. The number of hydrogen-bond acceptors (Lipinski definition) is 4. The molecule has 0 unspecified atom stereocenters. The lowest BCUT2D eigenvalue weighted by molar-refractivity contribution is 0.782. The van der Waals surface area contributed by atoms with Gasteiger partial charge in [-0.05, 0) is 35.7 Å². The Morgan fingerprint density at radius 3 is 2.72 bits per heavy atom. The van der Waals surface area contributed by atoms with Crippen molar-refractivity contribution < 1.29 is 0 Å². The van der Waals surface area contributed by atoms with Crippen molar-refractivity contribution in [3.63, 3.8) is 0 Å². The molecule has 5 heteroatoms. The Morgan fingerprint density at radius 2 is 1.94 bits per heavy atom. The van der Waals surface area contributed by atoms with E-state index in [1.165, 1.54) is 4.88 Å². The summed E-state index contributed by atoms with van der Waals surface area (Å²) in [5.41, 5.74) is 0. The number of thiophene rings is 2. The molecule has 0 fully saturated rings. The van der Waals surface area contributed by atoms with Crippen LogP contribution in [0.15, 0.2) is 35.0 Å². The normalized spacial score (nSPS) is 10.9. The molecule has 1 N–H and O–H groups in total. The second kappa shape index (κ2) is 5.46. The van der Waals surface area contributed by atoms with Crippen LogP contribution in [0.1, 0.15) is 17.1 Å². The van der Waals surface area contributed by atoms with Gasteiger partial charge in [0.1, 0.15) is 5.82 Å². The van der Waals surface area contributed by atoms with Gasteiger partial charge in [0.25, 0.3) is 0 Å². The zero-order valence-electron chi connectivity index (χ0n) is 9.80. The van der Waals surface area contributed by atoms with Crippen LogP contribution < -0.4 is 0 Å². The fourth-order valence-electron chi connectivity index (χ4n) is 1.81. The maximum atomic E-state index is 4.52. The van der Waals surface area contributed by atoms with E-state index in [1.54, 1.807) is 11.3 Å². The van der Waals surface area contributed by atoms with Gasteiger partial charge in [-0.15, -0.1) is 22.7 Å². The number of nitrogens with one attached hydrogen (secondary N) is 1. The first kappa shape index (κ1) is 11.6. The smallest absolute Gasteiger partial charge is 0.191 e. The maximum absolute atomic E-state index is 4.52. The molecule has 0 saturated heterocycles. The standard InChI is InChI=1S/C13H13N3S2/c1(4-10-5-2-8-17-10)7-12-14-13(16-15-12)11-6-3-9-18-11/h2-3,5-6,8-9H,1,4,7H2,(H,14,15,16). The van der Waals surface area contributed by atoms with Crippen LogP contribution in [0, 0.1) is 0 Å². The topological polar surface area (TPSA) is 41.6 Å². The van der Waals surface area contributed by atoms with Gasteiger partial charge in [-0.1, -0.05) is 12.1 Å². The number of rotatable bonds is 5. The van der Waals surface area contributed by atoms with E-state index in [9.17, 15) is 0 Å². The highest BCUT2D eigenvalue weighted by molar-refractivity contribution is 7.13. The number of aromatic amines is 1. The van der Waals surface area contributed by atoms with Crippen molar-refractivity contribution in [1.29, 1.82) is 0 Å². The van der Waals surface area contributed by atoms with Crippen molar-refractivity contribution in [2.45, 2.75) is 19.3 Å². The molecule has 0 saturated carbocycles. The van der Waals surface area contributed by atoms with Gasteiger partial charge in [-0.3, -0.25) is 5.10 Å². The van der Waals surface area contributed by atoms with Crippen LogP contribution in [-0.4, -0.2) is 15.2 Å². The minimum Gasteiger partial charge on any atom is -0.263 e. The summed E-state index contributed by atoms with van der Waals surface area (Å²) in [6.45, 7) is 0. The third-order valence-electron chi connectivity index (χ3n) is 2.69. The van der Waals surface area contributed by atoms with Gasteiger partial charge in [-0.2, -0.15) is 5.10 Å². The molecule has 0 aliphatic heterocycles. The largest absolute Gasteiger partial charge is 0.263 e.